The van der Waals surface area contributed by atoms with Crippen LogP contribution in [0.15, 0.2) is 22.0 Å². The zero-order valence-corrected chi connectivity index (χ0v) is 15.4. The maximum absolute atomic E-state index is 12.3. The van der Waals surface area contributed by atoms with Crippen LogP contribution in [-0.2, 0) is 26.2 Å². The summed E-state index contributed by atoms with van der Waals surface area (Å²) in [4.78, 5) is 17.3. The largest absolute Gasteiger partial charge is 0.456 e. The third-order valence-electron chi connectivity index (χ3n) is 3.84. The van der Waals surface area contributed by atoms with Gasteiger partial charge >= 0.3 is 5.97 Å². The second kappa shape index (κ2) is 7.63. The molecular weight excluding hydrogens is 366 g/mol. The molecule has 8 nitrogen and oxygen atoms in total. The lowest BCUT2D eigenvalue weighted by Gasteiger charge is -2.22. The number of carbonyl (C=O) groups is 1. The minimum Gasteiger partial charge on any atom is -0.456 e. The van der Waals surface area contributed by atoms with Crippen molar-refractivity contribution >= 4 is 27.3 Å². The molecule has 3 rings (SSSR count). The molecule has 0 spiro atoms. The molecular formula is C15H19N3O5S2. The lowest BCUT2D eigenvalue weighted by atomic mass is 10.2. The van der Waals surface area contributed by atoms with Gasteiger partial charge in [0.05, 0.1) is 10.6 Å². The Morgan fingerprint density at radius 2 is 2.36 bits per heavy atom. The van der Waals surface area contributed by atoms with Crippen molar-refractivity contribution in [3.63, 3.8) is 0 Å². The van der Waals surface area contributed by atoms with Gasteiger partial charge in [-0.1, -0.05) is 18.1 Å². The van der Waals surface area contributed by atoms with Crippen LogP contribution in [0, 0.1) is 0 Å². The van der Waals surface area contributed by atoms with Crippen molar-refractivity contribution in [3.8, 4) is 10.8 Å². The minimum absolute atomic E-state index is 0.0335. The normalized spacial score (nSPS) is 18.5. The fraction of sp³-hybridized carbons (Fsp3) is 0.533. The quantitative estimate of drug-likeness (QED) is 0.672. The molecule has 2 aromatic heterocycles. The summed E-state index contributed by atoms with van der Waals surface area (Å²) in [6, 6.07) is 2.96. The number of aromatic nitrogens is 2. The molecule has 0 amide bonds. The molecule has 0 aliphatic carbocycles. The SMILES string of the molecule is CCCS(=O)(=O)N1CCCC1C(=O)OCc1noc(-c2cccs2)n1. The van der Waals surface area contributed by atoms with Crippen molar-refractivity contribution in [2.45, 2.75) is 38.8 Å². The highest BCUT2D eigenvalue weighted by Crippen LogP contribution is 2.24. The molecule has 0 saturated carbocycles. The van der Waals surface area contributed by atoms with Gasteiger partial charge in [-0.25, -0.2) is 8.42 Å². The first-order valence-corrected chi connectivity index (χ1v) is 10.5. The molecule has 0 bridgehead atoms. The number of esters is 1. The molecule has 10 heteroatoms. The second-order valence-corrected chi connectivity index (χ2v) is 8.67. The van der Waals surface area contributed by atoms with Crippen molar-refractivity contribution in [2.24, 2.45) is 0 Å². The number of nitrogens with zero attached hydrogens (tertiary/aromatic N) is 3. The van der Waals surface area contributed by atoms with Crippen molar-refractivity contribution in [2.75, 3.05) is 12.3 Å². The number of ether oxygens (including phenoxy) is 1. The van der Waals surface area contributed by atoms with Gasteiger partial charge in [-0.05, 0) is 30.7 Å². The summed E-state index contributed by atoms with van der Waals surface area (Å²) >= 11 is 1.46. The van der Waals surface area contributed by atoms with Gasteiger partial charge in [0.2, 0.25) is 15.8 Å². The Kier molecular flexibility index (Phi) is 5.50. The predicted octanol–water partition coefficient (Wildman–Crippen LogP) is 2.05. The number of carbonyl (C=O) groups excluding carboxylic acids is 1. The van der Waals surface area contributed by atoms with Crippen molar-refractivity contribution < 1.29 is 22.5 Å². The van der Waals surface area contributed by atoms with Crippen LogP contribution in [0.5, 0.6) is 0 Å². The number of sulfonamides is 1. The molecule has 0 aromatic carbocycles. The fourth-order valence-corrected chi connectivity index (χ4v) is 5.11. The average Bonchev–Trinajstić information content (AvgIpc) is 3.32. The highest BCUT2D eigenvalue weighted by Gasteiger charge is 2.39. The van der Waals surface area contributed by atoms with E-state index in [1.807, 2.05) is 17.5 Å². The van der Waals surface area contributed by atoms with Gasteiger partial charge in [-0.2, -0.15) is 9.29 Å². The summed E-state index contributed by atoms with van der Waals surface area (Å²) in [5.74, 6) is 0.0811. The zero-order chi connectivity index (χ0) is 17.9. The van der Waals surface area contributed by atoms with Gasteiger partial charge in [-0.3, -0.25) is 4.79 Å². The smallest absolute Gasteiger partial charge is 0.324 e. The second-order valence-electron chi connectivity index (χ2n) is 5.69. The van der Waals surface area contributed by atoms with Gasteiger partial charge in [0, 0.05) is 6.54 Å². The zero-order valence-electron chi connectivity index (χ0n) is 13.8. The van der Waals surface area contributed by atoms with Crippen LogP contribution >= 0.6 is 11.3 Å². The van der Waals surface area contributed by atoms with Gasteiger partial charge in [-0.15, -0.1) is 11.3 Å². The Labute approximate surface area is 149 Å². The molecule has 1 saturated heterocycles. The minimum atomic E-state index is -3.43. The van der Waals surface area contributed by atoms with Crippen molar-refractivity contribution in [1.82, 2.24) is 14.4 Å². The molecule has 1 aliphatic heterocycles. The number of thiophene rings is 1. The van der Waals surface area contributed by atoms with Gasteiger partial charge < -0.3 is 9.26 Å². The summed E-state index contributed by atoms with van der Waals surface area (Å²) in [6.45, 7) is 2.00. The molecule has 1 unspecified atom stereocenters. The van der Waals surface area contributed by atoms with E-state index in [9.17, 15) is 13.2 Å². The summed E-state index contributed by atoms with van der Waals surface area (Å²) in [7, 11) is -3.43. The Morgan fingerprint density at radius 3 is 3.08 bits per heavy atom. The standard InChI is InChI=1S/C15H19N3O5S2/c1-2-9-25(20,21)18-7-3-5-11(18)15(19)22-10-13-16-14(23-17-13)12-6-4-8-24-12/h4,6,8,11H,2-3,5,7,9-10H2,1H3. The Hall–Kier alpha value is -1.78. The molecule has 3 heterocycles. The van der Waals surface area contributed by atoms with Crippen LogP contribution < -0.4 is 0 Å². The maximum atomic E-state index is 12.3. The Bertz CT molecular complexity index is 816. The highest BCUT2D eigenvalue weighted by molar-refractivity contribution is 7.89. The topological polar surface area (TPSA) is 103 Å². The summed E-state index contributed by atoms with van der Waals surface area (Å²) in [5.41, 5.74) is 0. The van der Waals surface area contributed by atoms with E-state index in [4.69, 9.17) is 9.26 Å². The maximum Gasteiger partial charge on any atom is 0.324 e. The van der Waals surface area contributed by atoms with Crippen molar-refractivity contribution in [1.29, 1.82) is 0 Å². The molecule has 0 N–H and O–H groups in total. The highest BCUT2D eigenvalue weighted by atomic mass is 32.2. The van der Waals surface area contributed by atoms with E-state index in [1.165, 1.54) is 15.6 Å². The molecule has 136 valence electrons. The van der Waals surface area contributed by atoms with Crippen LogP contribution in [0.4, 0.5) is 0 Å². The van der Waals surface area contributed by atoms with Crippen LogP contribution in [0.2, 0.25) is 0 Å². The fourth-order valence-electron chi connectivity index (χ4n) is 2.73. The Balaban J connectivity index is 1.61. The molecule has 1 fully saturated rings. The van der Waals surface area contributed by atoms with Gasteiger partial charge in [0.1, 0.15) is 6.04 Å². The summed E-state index contributed by atoms with van der Waals surface area (Å²) in [6.07, 6.45) is 1.62. The summed E-state index contributed by atoms with van der Waals surface area (Å²) in [5, 5.41) is 5.67. The first kappa shape index (κ1) is 18.0. The monoisotopic (exact) mass is 385 g/mol. The van der Waals surface area contributed by atoms with E-state index >= 15 is 0 Å². The predicted molar refractivity (Wildman–Crippen MR) is 91.2 cm³/mol. The Morgan fingerprint density at radius 1 is 1.52 bits per heavy atom. The van der Waals surface area contributed by atoms with E-state index in [0.717, 1.165) is 4.88 Å². The molecule has 1 atom stereocenters. The van der Waals surface area contributed by atoms with E-state index in [1.54, 1.807) is 6.92 Å². The molecule has 0 radical (unpaired) electrons. The molecule has 25 heavy (non-hydrogen) atoms. The van der Waals surface area contributed by atoms with Gasteiger partial charge in [0.25, 0.3) is 5.89 Å². The van der Waals surface area contributed by atoms with Gasteiger partial charge in [0.15, 0.2) is 6.61 Å². The average molecular weight is 385 g/mol. The number of rotatable bonds is 7. The third-order valence-corrected chi connectivity index (χ3v) is 6.77. The lowest BCUT2D eigenvalue weighted by molar-refractivity contribution is -0.149. The van der Waals surface area contributed by atoms with E-state index in [2.05, 4.69) is 10.1 Å². The third kappa shape index (κ3) is 4.07. The lowest BCUT2D eigenvalue weighted by Crippen LogP contribution is -2.42. The molecule has 1 aliphatic rings. The van der Waals surface area contributed by atoms with E-state index in [0.29, 0.717) is 31.7 Å². The first-order chi connectivity index (χ1) is 12.0. The number of hydrogen-bond donors (Lipinski definition) is 0. The van der Waals surface area contributed by atoms with Crippen LogP contribution in [0.1, 0.15) is 32.0 Å². The van der Waals surface area contributed by atoms with Crippen LogP contribution in [0.3, 0.4) is 0 Å². The summed E-state index contributed by atoms with van der Waals surface area (Å²) < 4.78 is 36.1. The van der Waals surface area contributed by atoms with E-state index in [-0.39, 0.29) is 18.2 Å². The van der Waals surface area contributed by atoms with E-state index < -0.39 is 22.0 Å². The first-order valence-electron chi connectivity index (χ1n) is 8.04. The van der Waals surface area contributed by atoms with Crippen molar-refractivity contribution in [3.05, 3.63) is 23.3 Å². The van der Waals surface area contributed by atoms with Crippen LogP contribution in [0.25, 0.3) is 10.8 Å². The van der Waals surface area contributed by atoms with Crippen LogP contribution in [-0.4, -0.2) is 47.2 Å². The molecule has 2 aromatic rings. The number of hydrogen-bond acceptors (Lipinski definition) is 8.